The zero-order valence-electron chi connectivity index (χ0n) is 22.1. The summed E-state index contributed by atoms with van der Waals surface area (Å²) in [6.07, 6.45) is 1.94. The number of likely N-dealkylation sites (N-methyl/N-ethyl adjacent to an activating group) is 1. The van der Waals surface area contributed by atoms with Gasteiger partial charge in [-0.1, -0.05) is 42.5 Å². The number of amides is 1. The fourth-order valence-corrected chi connectivity index (χ4v) is 5.02. The highest BCUT2D eigenvalue weighted by molar-refractivity contribution is 7.20. The summed E-state index contributed by atoms with van der Waals surface area (Å²) < 4.78 is 7.25. The predicted molar refractivity (Wildman–Crippen MR) is 147 cm³/mol. The van der Waals surface area contributed by atoms with Crippen molar-refractivity contribution in [1.82, 2.24) is 24.8 Å². The number of nitrogens with one attached hydrogen (secondary N) is 2. The Bertz CT molecular complexity index is 1140. The van der Waals surface area contributed by atoms with Gasteiger partial charge >= 0.3 is 0 Å². The van der Waals surface area contributed by atoms with Gasteiger partial charge in [0.2, 0.25) is 16.0 Å². The minimum absolute atomic E-state index is 0.00272. The fourth-order valence-electron chi connectivity index (χ4n) is 4.15. The molecular formula is C26H39N7O2S. The van der Waals surface area contributed by atoms with Gasteiger partial charge in [0.05, 0.1) is 19.8 Å². The fraction of sp³-hybridized carbons (Fsp3) is 0.577. The van der Waals surface area contributed by atoms with E-state index in [-0.39, 0.29) is 18.0 Å². The van der Waals surface area contributed by atoms with E-state index >= 15 is 0 Å². The van der Waals surface area contributed by atoms with E-state index in [1.807, 2.05) is 16.5 Å². The van der Waals surface area contributed by atoms with E-state index < -0.39 is 0 Å². The van der Waals surface area contributed by atoms with Crippen LogP contribution in [0.15, 0.2) is 24.3 Å². The third kappa shape index (κ3) is 6.74. The molecule has 1 aromatic carbocycles. The zero-order chi connectivity index (χ0) is 25.7. The summed E-state index contributed by atoms with van der Waals surface area (Å²) in [5.41, 5.74) is 3.08. The van der Waals surface area contributed by atoms with Crippen molar-refractivity contribution in [2.75, 3.05) is 63.2 Å². The lowest BCUT2D eigenvalue weighted by atomic mass is 10.1. The maximum Gasteiger partial charge on any atom is 0.239 e. The van der Waals surface area contributed by atoms with E-state index in [1.165, 1.54) is 16.9 Å². The lowest BCUT2D eigenvalue weighted by Crippen LogP contribution is -2.39. The first-order valence-electron chi connectivity index (χ1n) is 12.8. The molecule has 9 nitrogen and oxygen atoms in total. The summed E-state index contributed by atoms with van der Waals surface area (Å²) in [5.74, 6) is 0.863. The molecule has 1 fully saturated rings. The van der Waals surface area contributed by atoms with E-state index in [0.717, 1.165) is 72.9 Å². The van der Waals surface area contributed by atoms with Crippen molar-refractivity contribution in [3.8, 4) is 11.3 Å². The van der Waals surface area contributed by atoms with E-state index in [2.05, 4.69) is 67.5 Å². The lowest BCUT2D eigenvalue weighted by molar-refractivity contribution is -0.119. The molecule has 10 heteroatoms. The summed E-state index contributed by atoms with van der Waals surface area (Å²) in [7, 11) is 1.90. The Kier molecular flexibility index (Phi) is 8.48. The normalized spacial score (nSPS) is 14.8. The van der Waals surface area contributed by atoms with E-state index in [0.29, 0.717) is 6.54 Å². The van der Waals surface area contributed by atoms with Crippen LogP contribution in [0.2, 0.25) is 0 Å². The van der Waals surface area contributed by atoms with Crippen LogP contribution in [0.4, 0.5) is 10.9 Å². The quantitative estimate of drug-likeness (QED) is 0.401. The van der Waals surface area contributed by atoms with Gasteiger partial charge in [-0.25, -0.2) is 4.98 Å². The Labute approximate surface area is 217 Å². The van der Waals surface area contributed by atoms with Gasteiger partial charge < -0.3 is 20.3 Å². The molecule has 1 aliphatic heterocycles. The number of nitrogens with zero attached hydrogens (tertiary/aromatic N) is 5. The molecule has 36 heavy (non-hydrogen) atoms. The van der Waals surface area contributed by atoms with Crippen LogP contribution in [0.5, 0.6) is 0 Å². The number of carbonyl (C=O) groups excluding carboxylic acids is 1. The first-order chi connectivity index (χ1) is 17.2. The number of anilines is 2. The molecule has 0 aliphatic carbocycles. The highest BCUT2D eigenvalue weighted by atomic mass is 32.1. The van der Waals surface area contributed by atoms with Gasteiger partial charge in [-0.15, -0.1) is 5.10 Å². The number of aromatic nitrogens is 3. The third-order valence-electron chi connectivity index (χ3n) is 6.11. The number of fused-ring (bicyclic) bond motifs is 1. The molecule has 0 saturated carbocycles. The average Bonchev–Trinajstić information content (AvgIpc) is 3.41. The second-order valence-electron chi connectivity index (χ2n) is 10.3. The molecule has 0 atom stereocenters. The van der Waals surface area contributed by atoms with Crippen LogP contribution in [0.3, 0.4) is 0 Å². The largest absolute Gasteiger partial charge is 0.379 e. The van der Waals surface area contributed by atoms with Crippen molar-refractivity contribution >= 4 is 33.2 Å². The molecule has 3 aromatic rings. The smallest absolute Gasteiger partial charge is 0.239 e. The SMILES string of the molecule is CCc1ccc(-c2nc3sc(N(C)CC(=O)NCCCN4CCOCC4)nn3c2NC(C)(C)C)cc1. The molecule has 2 aromatic heterocycles. The van der Waals surface area contributed by atoms with Gasteiger partial charge in [0.25, 0.3) is 0 Å². The number of carbonyl (C=O) groups is 1. The number of ether oxygens (including phenoxy) is 1. The number of hydrogen-bond donors (Lipinski definition) is 2. The second-order valence-corrected chi connectivity index (χ2v) is 11.3. The van der Waals surface area contributed by atoms with E-state index in [4.69, 9.17) is 14.8 Å². The number of benzene rings is 1. The summed E-state index contributed by atoms with van der Waals surface area (Å²) in [6.45, 7) is 14.0. The van der Waals surface area contributed by atoms with Crippen LogP contribution < -0.4 is 15.5 Å². The Morgan fingerprint density at radius 3 is 2.58 bits per heavy atom. The van der Waals surface area contributed by atoms with Crippen LogP contribution in [0.25, 0.3) is 16.2 Å². The van der Waals surface area contributed by atoms with Crippen molar-refractivity contribution in [3.63, 3.8) is 0 Å². The van der Waals surface area contributed by atoms with E-state index in [9.17, 15) is 4.79 Å². The van der Waals surface area contributed by atoms with Gasteiger partial charge in [-0.3, -0.25) is 9.69 Å². The summed E-state index contributed by atoms with van der Waals surface area (Å²) in [6, 6.07) is 8.54. The van der Waals surface area contributed by atoms with Crippen LogP contribution in [-0.4, -0.2) is 83.9 Å². The topological polar surface area (TPSA) is 87.0 Å². The molecule has 0 radical (unpaired) electrons. The predicted octanol–water partition coefficient (Wildman–Crippen LogP) is 3.51. The minimum atomic E-state index is -0.162. The van der Waals surface area contributed by atoms with Crippen LogP contribution >= 0.6 is 11.3 Å². The van der Waals surface area contributed by atoms with Crippen molar-refractivity contribution in [1.29, 1.82) is 0 Å². The molecule has 1 aliphatic rings. The lowest BCUT2D eigenvalue weighted by Gasteiger charge is -2.26. The Hall–Kier alpha value is -2.69. The number of hydrogen-bond acceptors (Lipinski definition) is 8. The van der Waals surface area contributed by atoms with Crippen LogP contribution in [0.1, 0.15) is 39.7 Å². The second kappa shape index (κ2) is 11.6. The maximum absolute atomic E-state index is 12.5. The highest BCUT2D eigenvalue weighted by Gasteiger charge is 2.23. The third-order valence-corrected chi connectivity index (χ3v) is 7.13. The number of morpholine rings is 1. The number of rotatable bonds is 10. The maximum atomic E-state index is 12.5. The molecule has 0 bridgehead atoms. The summed E-state index contributed by atoms with van der Waals surface area (Å²) in [4.78, 5) is 22.5. The molecule has 3 heterocycles. The van der Waals surface area contributed by atoms with Gasteiger partial charge in [-0.2, -0.15) is 4.52 Å². The first-order valence-corrected chi connectivity index (χ1v) is 13.6. The van der Waals surface area contributed by atoms with Crippen LogP contribution in [0, 0.1) is 0 Å². The van der Waals surface area contributed by atoms with Crippen LogP contribution in [-0.2, 0) is 16.0 Å². The molecule has 0 spiro atoms. The molecule has 196 valence electrons. The van der Waals surface area contributed by atoms with Gasteiger partial charge in [-0.05, 0) is 45.7 Å². The van der Waals surface area contributed by atoms with Gasteiger partial charge in [0.1, 0.15) is 5.69 Å². The van der Waals surface area contributed by atoms with Crippen molar-refractivity contribution < 1.29 is 9.53 Å². The summed E-state index contributed by atoms with van der Waals surface area (Å²) in [5, 5.41) is 12.2. The van der Waals surface area contributed by atoms with Crippen molar-refractivity contribution in [2.45, 2.75) is 46.1 Å². The summed E-state index contributed by atoms with van der Waals surface area (Å²) >= 11 is 1.49. The van der Waals surface area contributed by atoms with Crippen molar-refractivity contribution in [3.05, 3.63) is 29.8 Å². The van der Waals surface area contributed by atoms with Gasteiger partial charge in [0, 0.05) is 37.8 Å². The Morgan fingerprint density at radius 1 is 1.19 bits per heavy atom. The van der Waals surface area contributed by atoms with E-state index in [1.54, 1.807) is 0 Å². The monoisotopic (exact) mass is 513 g/mol. The molecular weight excluding hydrogens is 474 g/mol. The molecule has 1 saturated heterocycles. The Morgan fingerprint density at radius 2 is 1.92 bits per heavy atom. The molecule has 4 rings (SSSR count). The highest BCUT2D eigenvalue weighted by Crippen LogP contribution is 2.34. The molecule has 2 N–H and O–H groups in total. The van der Waals surface area contributed by atoms with Gasteiger partial charge in [0.15, 0.2) is 5.82 Å². The molecule has 0 unspecified atom stereocenters. The standard InChI is InChI=1S/C26H39N7O2S/c1-6-19-8-10-20(11-9-19)22-23(29-26(2,3)4)33-24(28-22)36-25(30-33)31(5)18-21(34)27-12-7-13-32-14-16-35-17-15-32/h8-11,29H,6-7,12-18H2,1-5H3,(H,27,34). The average molecular weight is 514 g/mol. The molecule has 1 amide bonds. The Balaban J connectivity index is 1.42. The number of aryl methyl sites for hydroxylation is 1. The number of imidazole rings is 1. The zero-order valence-corrected chi connectivity index (χ0v) is 23.0. The van der Waals surface area contributed by atoms with Crippen molar-refractivity contribution in [2.24, 2.45) is 0 Å². The minimum Gasteiger partial charge on any atom is -0.379 e. The first kappa shape index (κ1) is 26.4.